The lowest BCUT2D eigenvalue weighted by Gasteiger charge is -2.11. The van der Waals surface area contributed by atoms with Crippen molar-refractivity contribution >= 4 is 23.7 Å². The van der Waals surface area contributed by atoms with Crippen LogP contribution < -0.4 is 19.6 Å². The maximum Gasteiger partial charge on any atom is 0.285 e. The highest BCUT2D eigenvalue weighted by molar-refractivity contribution is 7.07. The van der Waals surface area contributed by atoms with Crippen LogP contribution in [0.25, 0.3) is 0 Å². The van der Waals surface area contributed by atoms with Gasteiger partial charge in [-0.1, -0.05) is 4.49 Å². The minimum atomic E-state index is -0.367. The Hall–Kier alpha value is -2.68. The van der Waals surface area contributed by atoms with Gasteiger partial charge in [0.1, 0.15) is 10.6 Å². The molecule has 2 aromatic rings. The fourth-order valence-electron chi connectivity index (χ4n) is 1.80. The van der Waals surface area contributed by atoms with Crippen LogP contribution in [0.1, 0.15) is 20.9 Å². The van der Waals surface area contributed by atoms with E-state index in [-0.39, 0.29) is 5.91 Å². The van der Waals surface area contributed by atoms with E-state index >= 15 is 0 Å². The van der Waals surface area contributed by atoms with Crippen LogP contribution in [0.4, 0.5) is 0 Å². The Morgan fingerprint density at radius 1 is 1.17 bits per heavy atom. The van der Waals surface area contributed by atoms with E-state index in [9.17, 15) is 4.79 Å². The van der Waals surface area contributed by atoms with Crippen molar-refractivity contribution in [3.63, 3.8) is 0 Å². The maximum absolute atomic E-state index is 11.9. The molecule has 0 aliphatic rings. The van der Waals surface area contributed by atoms with Crippen LogP contribution in [0.3, 0.4) is 0 Å². The average molecular weight is 336 g/mol. The Labute approximate surface area is 137 Å². The van der Waals surface area contributed by atoms with Crippen LogP contribution in [-0.2, 0) is 0 Å². The molecule has 0 fully saturated rings. The number of hydrogen-bond acceptors (Lipinski definition) is 8. The van der Waals surface area contributed by atoms with Gasteiger partial charge in [0, 0.05) is 11.6 Å². The molecule has 1 amide bonds. The fraction of sp³-hybridized carbons (Fsp3) is 0.286. The van der Waals surface area contributed by atoms with Crippen LogP contribution in [-0.4, -0.2) is 43.0 Å². The molecule has 0 radical (unpaired) electrons. The lowest BCUT2D eigenvalue weighted by Crippen LogP contribution is -2.17. The number of aryl methyl sites for hydroxylation is 1. The number of hydrazone groups is 1. The van der Waals surface area contributed by atoms with Crippen LogP contribution in [0.2, 0.25) is 0 Å². The number of methoxy groups -OCH3 is 3. The largest absolute Gasteiger partial charge is 0.496 e. The fourth-order valence-corrected chi connectivity index (χ4v) is 2.35. The van der Waals surface area contributed by atoms with Gasteiger partial charge < -0.3 is 14.2 Å². The van der Waals surface area contributed by atoms with Crippen LogP contribution in [0.5, 0.6) is 17.2 Å². The van der Waals surface area contributed by atoms with Crippen molar-refractivity contribution in [3.05, 3.63) is 28.3 Å². The Morgan fingerprint density at radius 3 is 2.39 bits per heavy atom. The van der Waals surface area contributed by atoms with E-state index in [1.54, 1.807) is 19.1 Å². The summed E-state index contributed by atoms with van der Waals surface area (Å²) in [5, 5.41) is 7.71. The van der Waals surface area contributed by atoms with Crippen molar-refractivity contribution in [1.82, 2.24) is 15.0 Å². The molecule has 1 heterocycles. The average Bonchev–Trinajstić information content (AvgIpc) is 3.00. The highest BCUT2D eigenvalue weighted by Gasteiger charge is 2.13. The highest BCUT2D eigenvalue weighted by atomic mass is 32.1. The van der Waals surface area contributed by atoms with Gasteiger partial charge in [0.2, 0.25) is 0 Å². The molecule has 0 aliphatic carbocycles. The van der Waals surface area contributed by atoms with Crippen molar-refractivity contribution in [3.8, 4) is 17.2 Å². The zero-order chi connectivity index (χ0) is 16.8. The maximum atomic E-state index is 11.9. The Balaban J connectivity index is 2.18. The Bertz CT molecular complexity index is 730. The molecule has 9 heteroatoms. The summed E-state index contributed by atoms with van der Waals surface area (Å²) >= 11 is 1.01. The summed E-state index contributed by atoms with van der Waals surface area (Å²) in [4.78, 5) is 12.3. The van der Waals surface area contributed by atoms with Gasteiger partial charge in [-0.25, -0.2) is 5.43 Å². The molecule has 0 spiro atoms. The number of rotatable bonds is 6. The quantitative estimate of drug-likeness (QED) is 0.636. The number of hydrogen-bond donors (Lipinski definition) is 1. The van der Waals surface area contributed by atoms with Crippen molar-refractivity contribution in [2.24, 2.45) is 5.10 Å². The molecule has 1 N–H and O–H groups in total. The molecule has 0 saturated carbocycles. The third kappa shape index (κ3) is 3.75. The molecule has 0 saturated heterocycles. The molecular weight excluding hydrogens is 320 g/mol. The number of amides is 1. The lowest BCUT2D eigenvalue weighted by molar-refractivity contribution is 0.0958. The summed E-state index contributed by atoms with van der Waals surface area (Å²) < 4.78 is 19.4. The monoisotopic (exact) mass is 336 g/mol. The van der Waals surface area contributed by atoms with Gasteiger partial charge in [0.05, 0.1) is 33.2 Å². The van der Waals surface area contributed by atoms with Gasteiger partial charge in [-0.15, -0.1) is 5.10 Å². The highest BCUT2D eigenvalue weighted by Crippen LogP contribution is 2.33. The first-order valence-corrected chi connectivity index (χ1v) is 7.30. The molecule has 2 rings (SSSR count). The summed E-state index contributed by atoms with van der Waals surface area (Å²) in [5.41, 5.74) is 3.62. The molecule has 23 heavy (non-hydrogen) atoms. The first-order valence-electron chi connectivity index (χ1n) is 6.53. The molecule has 8 nitrogen and oxygen atoms in total. The van der Waals surface area contributed by atoms with Crippen molar-refractivity contribution in [2.75, 3.05) is 21.3 Å². The topological polar surface area (TPSA) is 94.9 Å². The second-order valence-corrected chi connectivity index (χ2v) is 5.09. The zero-order valence-corrected chi connectivity index (χ0v) is 13.9. The van der Waals surface area contributed by atoms with E-state index in [4.69, 9.17) is 14.2 Å². The summed E-state index contributed by atoms with van der Waals surface area (Å²) in [6, 6.07) is 3.38. The van der Waals surface area contributed by atoms with Crippen LogP contribution in [0, 0.1) is 6.92 Å². The number of carbonyl (C=O) groups is 1. The summed E-state index contributed by atoms with van der Waals surface area (Å²) in [7, 11) is 4.60. The minimum Gasteiger partial charge on any atom is -0.496 e. The van der Waals surface area contributed by atoms with Gasteiger partial charge >= 0.3 is 0 Å². The van der Waals surface area contributed by atoms with Gasteiger partial charge in [0.15, 0.2) is 11.5 Å². The number of ether oxygens (including phenoxy) is 3. The molecule has 0 unspecified atom stereocenters. The van der Waals surface area contributed by atoms with E-state index < -0.39 is 0 Å². The molecule has 0 bridgehead atoms. The predicted molar refractivity (Wildman–Crippen MR) is 85.8 cm³/mol. The second kappa shape index (κ2) is 7.54. The number of benzene rings is 1. The predicted octanol–water partition coefficient (Wildman–Crippen LogP) is 1.64. The smallest absolute Gasteiger partial charge is 0.285 e. The van der Waals surface area contributed by atoms with E-state index in [2.05, 4.69) is 20.1 Å². The van der Waals surface area contributed by atoms with Crippen LogP contribution >= 0.6 is 11.5 Å². The standard InChI is InChI=1S/C14H16N4O4S/c1-8-13(23-18-16-8)14(19)17-15-7-9-5-11(21-3)12(22-4)6-10(9)20-2/h5-7H,1-4H3,(H,17,19)/b15-7-. The number of aromatic nitrogens is 2. The van der Waals surface area contributed by atoms with E-state index in [1.807, 2.05) is 0 Å². The first-order chi connectivity index (χ1) is 11.1. The van der Waals surface area contributed by atoms with E-state index in [0.29, 0.717) is 33.4 Å². The molecule has 1 aromatic carbocycles. The van der Waals surface area contributed by atoms with Crippen molar-refractivity contribution in [2.45, 2.75) is 6.92 Å². The molecule has 122 valence electrons. The van der Waals surface area contributed by atoms with Gasteiger partial charge in [-0.3, -0.25) is 4.79 Å². The van der Waals surface area contributed by atoms with E-state index in [1.165, 1.54) is 27.5 Å². The number of nitrogens with zero attached hydrogens (tertiary/aromatic N) is 3. The molecule has 0 aliphatic heterocycles. The Kier molecular flexibility index (Phi) is 5.47. The summed E-state index contributed by atoms with van der Waals surface area (Å²) in [5.74, 6) is 1.24. The summed E-state index contributed by atoms with van der Waals surface area (Å²) in [6.45, 7) is 1.71. The second-order valence-electron chi connectivity index (χ2n) is 4.34. The van der Waals surface area contributed by atoms with Gasteiger partial charge in [0.25, 0.3) is 5.91 Å². The normalized spacial score (nSPS) is 10.6. The third-order valence-electron chi connectivity index (χ3n) is 2.96. The lowest BCUT2D eigenvalue weighted by atomic mass is 10.2. The zero-order valence-electron chi connectivity index (χ0n) is 13.1. The summed E-state index contributed by atoms with van der Waals surface area (Å²) in [6.07, 6.45) is 1.46. The molecule has 0 atom stereocenters. The third-order valence-corrected chi connectivity index (χ3v) is 3.79. The van der Waals surface area contributed by atoms with Gasteiger partial charge in [-0.05, 0) is 24.5 Å². The van der Waals surface area contributed by atoms with Crippen LogP contribution in [0.15, 0.2) is 17.2 Å². The minimum absolute atomic E-state index is 0.367. The number of carbonyl (C=O) groups excluding carboxylic acids is 1. The van der Waals surface area contributed by atoms with E-state index in [0.717, 1.165) is 11.5 Å². The first kappa shape index (κ1) is 16.7. The molecular formula is C14H16N4O4S. The molecule has 1 aromatic heterocycles. The SMILES string of the molecule is COc1cc(OC)c(OC)cc1/C=N\NC(=O)c1snnc1C. The number of nitrogens with one attached hydrogen (secondary N) is 1. The van der Waals surface area contributed by atoms with Crippen molar-refractivity contribution < 1.29 is 19.0 Å². The van der Waals surface area contributed by atoms with Gasteiger partial charge in [-0.2, -0.15) is 5.10 Å². The van der Waals surface area contributed by atoms with Crippen molar-refractivity contribution in [1.29, 1.82) is 0 Å². The Morgan fingerprint density at radius 2 is 1.83 bits per heavy atom.